The molecule has 0 saturated carbocycles. The third-order valence-electron chi connectivity index (χ3n) is 4.29. The Bertz CT molecular complexity index is 597. The van der Waals surface area contributed by atoms with E-state index in [1.54, 1.807) is 0 Å². The lowest BCUT2D eigenvalue weighted by atomic mass is 10.1. The van der Waals surface area contributed by atoms with E-state index in [1.807, 2.05) is 18.3 Å². The maximum absolute atomic E-state index is 5.95. The highest BCUT2D eigenvalue weighted by atomic mass is 16.5. The second kappa shape index (κ2) is 5.14. The number of nitrogens with one attached hydrogen (secondary N) is 1. The van der Waals surface area contributed by atoms with Crippen LogP contribution in [0.1, 0.15) is 50.2 Å². The Morgan fingerprint density at radius 3 is 3.05 bits per heavy atom. The third kappa shape index (κ3) is 2.01. The molecule has 0 spiro atoms. The fraction of sp³-hybridized carbons (Fsp3) is 0.600. The second-order valence-electron chi connectivity index (χ2n) is 5.65. The molecule has 0 bridgehead atoms. The Morgan fingerprint density at radius 2 is 2.25 bits per heavy atom. The van der Waals surface area contributed by atoms with Crippen molar-refractivity contribution < 1.29 is 4.74 Å². The number of rotatable bonds is 2. The zero-order valence-electron chi connectivity index (χ0n) is 11.6. The molecule has 2 aliphatic rings. The molecule has 0 radical (unpaired) electrons. The summed E-state index contributed by atoms with van der Waals surface area (Å²) in [6.07, 6.45) is 8.09. The molecule has 2 fully saturated rings. The Balaban J connectivity index is 1.82. The van der Waals surface area contributed by atoms with Crippen molar-refractivity contribution >= 4 is 11.2 Å². The highest BCUT2D eigenvalue weighted by Crippen LogP contribution is 2.32. The number of imidazole rings is 1. The van der Waals surface area contributed by atoms with Gasteiger partial charge in [-0.15, -0.1) is 0 Å². The van der Waals surface area contributed by atoms with Gasteiger partial charge in [0.2, 0.25) is 0 Å². The predicted molar refractivity (Wildman–Crippen MR) is 76.3 cm³/mol. The van der Waals surface area contributed by atoms with Crippen molar-refractivity contribution in [3.05, 3.63) is 24.2 Å². The minimum absolute atomic E-state index is 0.125. The number of ether oxygens (including phenoxy) is 1. The molecule has 5 heteroatoms. The van der Waals surface area contributed by atoms with Gasteiger partial charge in [-0.1, -0.05) is 0 Å². The van der Waals surface area contributed by atoms with Crippen LogP contribution in [-0.4, -0.2) is 27.7 Å². The number of hydrogen-bond donors (Lipinski definition) is 1. The smallest absolute Gasteiger partial charge is 0.161 e. The summed E-state index contributed by atoms with van der Waals surface area (Å²) in [5.74, 6) is 1.05. The first-order valence-corrected chi connectivity index (χ1v) is 7.61. The molecule has 4 heterocycles. The summed E-state index contributed by atoms with van der Waals surface area (Å²) in [5, 5.41) is 3.56. The lowest BCUT2D eigenvalue weighted by Gasteiger charge is -2.25. The molecule has 2 atom stereocenters. The summed E-state index contributed by atoms with van der Waals surface area (Å²) in [6, 6.07) is 3.99. The van der Waals surface area contributed by atoms with Crippen LogP contribution in [0.15, 0.2) is 18.3 Å². The molecule has 0 amide bonds. The number of fused-ring (bicyclic) bond motifs is 1. The van der Waals surface area contributed by atoms with Crippen LogP contribution in [0.25, 0.3) is 11.2 Å². The normalized spacial score (nSPS) is 27.2. The zero-order chi connectivity index (χ0) is 13.4. The van der Waals surface area contributed by atoms with Crippen molar-refractivity contribution in [3.63, 3.8) is 0 Å². The van der Waals surface area contributed by atoms with E-state index in [0.29, 0.717) is 6.17 Å². The van der Waals surface area contributed by atoms with Crippen LogP contribution >= 0.6 is 0 Å². The van der Waals surface area contributed by atoms with Crippen LogP contribution in [0.2, 0.25) is 0 Å². The maximum atomic E-state index is 5.95. The first-order chi connectivity index (χ1) is 9.93. The lowest BCUT2D eigenvalue weighted by molar-refractivity contribution is 0.00660. The summed E-state index contributed by atoms with van der Waals surface area (Å²) in [6.45, 7) is 1.92. The van der Waals surface area contributed by atoms with E-state index in [1.165, 1.54) is 12.8 Å². The first kappa shape index (κ1) is 12.3. The van der Waals surface area contributed by atoms with E-state index < -0.39 is 0 Å². The summed E-state index contributed by atoms with van der Waals surface area (Å²) < 4.78 is 8.23. The zero-order valence-corrected chi connectivity index (χ0v) is 11.6. The van der Waals surface area contributed by atoms with E-state index in [9.17, 15) is 0 Å². The van der Waals surface area contributed by atoms with Gasteiger partial charge in [-0.05, 0) is 50.8 Å². The minimum Gasteiger partial charge on any atom is -0.370 e. The molecule has 106 valence electrons. The Labute approximate surface area is 118 Å². The molecular weight excluding hydrogens is 252 g/mol. The van der Waals surface area contributed by atoms with Gasteiger partial charge in [0.1, 0.15) is 17.4 Å². The molecule has 20 heavy (non-hydrogen) atoms. The Morgan fingerprint density at radius 1 is 1.25 bits per heavy atom. The SMILES string of the molecule is c1cnc2c(c1)nc(C1CCCCO1)n2C1CCCN1. The summed E-state index contributed by atoms with van der Waals surface area (Å²) in [7, 11) is 0. The van der Waals surface area contributed by atoms with Crippen LogP contribution in [0.5, 0.6) is 0 Å². The fourth-order valence-corrected chi connectivity index (χ4v) is 3.31. The van der Waals surface area contributed by atoms with Crippen molar-refractivity contribution in [1.29, 1.82) is 0 Å². The van der Waals surface area contributed by atoms with Crippen LogP contribution < -0.4 is 5.32 Å². The van der Waals surface area contributed by atoms with Gasteiger partial charge in [-0.25, -0.2) is 9.97 Å². The fourth-order valence-electron chi connectivity index (χ4n) is 3.31. The van der Waals surface area contributed by atoms with Crippen molar-refractivity contribution in [2.75, 3.05) is 13.2 Å². The van der Waals surface area contributed by atoms with Crippen LogP contribution in [0.3, 0.4) is 0 Å². The quantitative estimate of drug-likeness (QED) is 0.913. The standard InChI is InChI=1S/C15H20N4O/c1-2-10-20-12(6-1)15-18-11-5-3-9-17-14(11)19(15)13-7-4-8-16-13/h3,5,9,12-13,16H,1-2,4,6-8,10H2. The number of pyridine rings is 1. The van der Waals surface area contributed by atoms with Crippen LogP contribution in [0.4, 0.5) is 0 Å². The largest absolute Gasteiger partial charge is 0.370 e. The number of hydrogen-bond acceptors (Lipinski definition) is 4. The van der Waals surface area contributed by atoms with Gasteiger partial charge in [0.05, 0.1) is 6.17 Å². The molecule has 2 aromatic heterocycles. The summed E-state index contributed by atoms with van der Waals surface area (Å²) in [5.41, 5.74) is 1.96. The summed E-state index contributed by atoms with van der Waals surface area (Å²) >= 11 is 0. The average Bonchev–Trinajstić information content (AvgIpc) is 3.14. The van der Waals surface area contributed by atoms with Crippen LogP contribution in [0, 0.1) is 0 Å². The molecule has 1 N–H and O–H groups in total. The van der Waals surface area contributed by atoms with E-state index in [2.05, 4.69) is 14.9 Å². The third-order valence-corrected chi connectivity index (χ3v) is 4.29. The Hall–Kier alpha value is -1.46. The van der Waals surface area contributed by atoms with Gasteiger partial charge < -0.3 is 4.74 Å². The topological polar surface area (TPSA) is 52.0 Å². The maximum Gasteiger partial charge on any atom is 0.161 e. The van der Waals surface area contributed by atoms with Crippen molar-refractivity contribution in [1.82, 2.24) is 19.9 Å². The van der Waals surface area contributed by atoms with E-state index in [4.69, 9.17) is 9.72 Å². The Kier molecular flexibility index (Phi) is 3.16. The van der Waals surface area contributed by atoms with Gasteiger partial charge in [-0.2, -0.15) is 0 Å². The molecule has 0 aromatic carbocycles. The molecular formula is C15H20N4O. The molecule has 4 rings (SSSR count). The molecule has 0 aliphatic carbocycles. The predicted octanol–water partition coefficient (Wildman–Crippen LogP) is 2.55. The molecule has 2 aromatic rings. The van der Waals surface area contributed by atoms with Gasteiger partial charge in [-0.3, -0.25) is 9.88 Å². The van der Waals surface area contributed by atoms with Gasteiger partial charge in [0.25, 0.3) is 0 Å². The molecule has 2 aliphatic heterocycles. The minimum atomic E-state index is 0.125. The van der Waals surface area contributed by atoms with E-state index in [0.717, 1.165) is 49.4 Å². The molecule has 5 nitrogen and oxygen atoms in total. The number of nitrogens with zero attached hydrogens (tertiary/aromatic N) is 3. The van der Waals surface area contributed by atoms with Crippen molar-refractivity contribution in [2.24, 2.45) is 0 Å². The van der Waals surface area contributed by atoms with Crippen molar-refractivity contribution in [3.8, 4) is 0 Å². The van der Waals surface area contributed by atoms with Crippen molar-refractivity contribution in [2.45, 2.75) is 44.4 Å². The summed E-state index contributed by atoms with van der Waals surface area (Å²) in [4.78, 5) is 9.36. The van der Waals surface area contributed by atoms with Gasteiger partial charge >= 0.3 is 0 Å². The number of aromatic nitrogens is 3. The first-order valence-electron chi connectivity index (χ1n) is 7.61. The molecule has 2 saturated heterocycles. The monoisotopic (exact) mass is 272 g/mol. The average molecular weight is 272 g/mol. The van der Waals surface area contributed by atoms with Gasteiger partial charge in [0, 0.05) is 12.8 Å². The highest BCUT2D eigenvalue weighted by Gasteiger charge is 2.28. The second-order valence-corrected chi connectivity index (χ2v) is 5.65. The van der Waals surface area contributed by atoms with Crippen LogP contribution in [-0.2, 0) is 4.74 Å². The lowest BCUT2D eigenvalue weighted by Crippen LogP contribution is -2.25. The van der Waals surface area contributed by atoms with Gasteiger partial charge in [0.15, 0.2) is 5.65 Å². The van der Waals surface area contributed by atoms with E-state index >= 15 is 0 Å². The molecule has 2 unspecified atom stereocenters. The highest BCUT2D eigenvalue weighted by molar-refractivity contribution is 5.71. The van der Waals surface area contributed by atoms with E-state index in [-0.39, 0.29) is 6.10 Å².